The summed E-state index contributed by atoms with van der Waals surface area (Å²) in [7, 11) is 0. The third kappa shape index (κ3) is 2.87. The third-order valence-corrected chi connectivity index (χ3v) is 4.80. The maximum Gasteiger partial charge on any atom is 0.219 e. The van der Waals surface area contributed by atoms with Crippen molar-refractivity contribution in [3.63, 3.8) is 0 Å². The Kier molecular flexibility index (Phi) is 3.95. The molecule has 4 heteroatoms. The van der Waals surface area contributed by atoms with Gasteiger partial charge in [-0.05, 0) is 30.4 Å². The van der Waals surface area contributed by atoms with Crippen molar-refractivity contribution in [3.8, 4) is 11.3 Å². The number of benzene rings is 2. The van der Waals surface area contributed by atoms with E-state index < -0.39 is 0 Å². The molecule has 1 atom stereocenters. The predicted octanol–water partition coefficient (Wildman–Crippen LogP) is 3.80. The maximum absolute atomic E-state index is 6.08. The molecule has 1 aliphatic rings. The number of nitrogen functional groups attached to an aromatic ring is 1. The van der Waals surface area contributed by atoms with Crippen LogP contribution in [-0.4, -0.2) is 16.2 Å². The number of aromatic nitrogens is 2. The molecule has 3 N–H and O–H groups in total. The quantitative estimate of drug-likeness (QED) is 0.769. The Morgan fingerprint density at radius 2 is 1.88 bits per heavy atom. The van der Waals surface area contributed by atoms with Gasteiger partial charge < -0.3 is 11.2 Å². The maximum atomic E-state index is 6.08. The van der Waals surface area contributed by atoms with E-state index in [1.807, 2.05) is 41.2 Å². The lowest BCUT2D eigenvalue weighted by Crippen LogP contribution is -2.24. The largest absolute Gasteiger partial charge is 0.368 e. The van der Waals surface area contributed by atoms with E-state index in [1.165, 1.54) is 30.4 Å². The van der Waals surface area contributed by atoms with Gasteiger partial charge in [0.15, 0.2) is 0 Å². The number of hydrogen-bond acceptors (Lipinski definition) is 3. The molecule has 0 amide bonds. The van der Waals surface area contributed by atoms with E-state index in [2.05, 4.69) is 34.7 Å². The van der Waals surface area contributed by atoms with Gasteiger partial charge in [-0.3, -0.25) is 0 Å². The summed E-state index contributed by atoms with van der Waals surface area (Å²) in [5.74, 6) is 1.02. The third-order valence-electron chi connectivity index (χ3n) is 4.80. The smallest absolute Gasteiger partial charge is 0.219 e. The van der Waals surface area contributed by atoms with Gasteiger partial charge in [0.05, 0.1) is 11.9 Å². The van der Waals surface area contributed by atoms with Crippen LogP contribution in [0.5, 0.6) is 0 Å². The zero-order valence-corrected chi connectivity index (χ0v) is 13.7. The standard InChI is InChI=1S/C20H22N4/c21-20-23-19(16-8-2-1-3-9-16)14-24(20)22-13-17-11-6-10-15-7-4-5-12-18(15)17/h1-5,7-9,12,14,17,22H,6,10-11,13H2,(H2,21,23). The molecule has 122 valence electrons. The number of fused-ring (bicyclic) bond motifs is 1. The fraction of sp³-hybridized carbons (Fsp3) is 0.250. The second-order valence-electron chi connectivity index (χ2n) is 6.37. The lowest BCUT2D eigenvalue weighted by molar-refractivity contribution is 0.556. The first-order chi connectivity index (χ1) is 11.8. The molecule has 0 radical (unpaired) electrons. The van der Waals surface area contributed by atoms with Crippen molar-refractivity contribution in [1.82, 2.24) is 9.66 Å². The summed E-state index contributed by atoms with van der Waals surface area (Å²) in [6.07, 6.45) is 5.62. The minimum atomic E-state index is 0.498. The van der Waals surface area contributed by atoms with E-state index in [4.69, 9.17) is 5.73 Å². The minimum Gasteiger partial charge on any atom is -0.368 e. The van der Waals surface area contributed by atoms with Crippen molar-refractivity contribution in [2.45, 2.75) is 25.2 Å². The van der Waals surface area contributed by atoms with Crippen LogP contribution in [-0.2, 0) is 6.42 Å². The molecule has 0 bridgehead atoms. The summed E-state index contributed by atoms with van der Waals surface area (Å²) < 4.78 is 1.85. The molecule has 2 aromatic carbocycles. The van der Waals surface area contributed by atoms with Gasteiger partial charge in [0, 0.05) is 18.0 Å². The fourth-order valence-electron chi connectivity index (χ4n) is 3.54. The highest BCUT2D eigenvalue weighted by atomic mass is 15.5. The second-order valence-corrected chi connectivity index (χ2v) is 6.37. The summed E-state index contributed by atoms with van der Waals surface area (Å²) in [6.45, 7) is 0.867. The molecule has 24 heavy (non-hydrogen) atoms. The number of imidazole rings is 1. The van der Waals surface area contributed by atoms with Crippen LogP contribution >= 0.6 is 0 Å². The van der Waals surface area contributed by atoms with E-state index >= 15 is 0 Å². The molecule has 4 nitrogen and oxygen atoms in total. The van der Waals surface area contributed by atoms with Crippen molar-refractivity contribution in [3.05, 3.63) is 71.9 Å². The monoisotopic (exact) mass is 318 g/mol. The van der Waals surface area contributed by atoms with Gasteiger partial charge in [-0.25, -0.2) is 9.66 Å². The zero-order chi connectivity index (χ0) is 16.4. The average molecular weight is 318 g/mol. The fourth-order valence-corrected chi connectivity index (χ4v) is 3.54. The van der Waals surface area contributed by atoms with Crippen LogP contribution in [0.25, 0.3) is 11.3 Å². The Morgan fingerprint density at radius 1 is 1.08 bits per heavy atom. The Labute approximate surface area is 142 Å². The van der Waals surface area contributed by atoms with E-state index in [1.54, 1.807) is 0 Å². The normalized spacial score (nSPS) is 16.6. The van der Waals surface area contributed by atoms with Gasteiger partial charge >= 0.3 is 0 Å². The number of hydrogen-bond donors (Lipinski definition) is 2. The predicted molar refractivity (Wildman–Crippen MR) is 98.4 cm³/mol. The Bertz CT molecular complexity index is 823. The van der Waals surface area contributed by atoms with Crippen molar-refractivity contribution < 1.29 is 0 Å². The van der Waals surface area contributed by atoms with Crippen molar-refractivity contribution in [2.24, 2.45) is 0 Å². The number of anilines is 1. The molecule has 4 rings (SSSR count). The first kappa shape index (κ1) is 14.8. The van der Waals surface area contributed by atoms with Gasteiger partial charge in [0.2, 0.25) is 5.95 Å². The number of aryl methyl sites for hydroxylation is 1. The average Bonchev–Trinajstić information content (AvgIpc) is 3.01. The van der Waals surface area contributed by atoms with Gasteiger partial charge in [-0.15, -0.1) is 0 Å². The van der Waals surface area contributed by atoms with Crippen molar-refractivity contribution >= 4 is 5.95 Å². The van der Waals surface area contributed by atoms with E-state index in [-0.39, 0.29) is 0 Å². The Hall–Kier alpha value is -2.75. The van der Waals surface area contributed by atoms with Crippen LogP contribution in [0.15, 0.2) is 60.8 Å². The summed E-state index contributed by atoms with van der Waals surface area (Å²) >= 11 is 0. The van der Waals surface area contributed by atoms with Crippen LogP contribution in [0, 0.1) is 0 Å². The highest BCUT2D eigenvalue weighted by Gasteiger charge is 2.19. The second kappa shape index (κ2) is 6.40. The SMILES string of the molecule is Nc1nc(-c2ccccc2)cn1NCC1CCCc2ccccc21. The van der Waals surface area contributed by atoms with Crippen LogP contribution in [0.2, 0.25) is 0 Å². The number of nitrogens with one attached hydrogen (secondary N) is 1. The van der Waals surface area contributed by atoms with Crippen molar-refractivity contribution in [2.75, 3.05) is 17.7 Å². The Morgan fingerprint density at radius 3 is 2.75 bits per heavy atom. The minimum absolute atomic E-state index is 0.498. The van der Waals surface area contributed by atoms with Gasteiger partial charge in [-0.1, -0.05) is 54.6 Å². The molecule has 0 fully saturated rings. The first-order valence-corrected chi connectivity index (χ1v) is 8.53. The van der Waals surface area contributed by atoms with Gasteiger partial charge in [0.25, 0.3) is 0 Å². The Balaban J connectivity index is 1.50. The molecule has 1 heterocycles. The van der Waals surface area contributed by atoms with E-state index in [0.29, 0.717) is 11.9 Å². The zero-order valence-electron chi connectivity index (χ0n) is 13.7. The molecule has 0 saturated carbocycles. The van der Waals surface area contributed by atoms with Crippen molar-refractivity contribution in [1.29, 1.82) is 0 Å². The van der Waals surface area contributed by atoms with Crippen LogP contribution in [0.4, 0.5) is 5.95 Å². The highest BCUT2D eigenvalue weighted by Crippen LogP contribution is 2.31. The van der Waals surface area contributed by atoms with Crippen LogP contribution in [0.1, 0.15) is 29.9 Å². The van der Waals surface area contributed by atoms with E-state index in [0.717, 1.165) is 17.8 Å². The van der Waals surface area contributed by atoms with Gasteiger partial charge in [-0.2, -0.15) is 0 Å². The van der Waals surface area contributed by atoms with Gasteiger partial charge in [0.1, 0.15) is 0 Å². The molecule has 1 unspecified atom stereocenters. The summed E-state index contributed by atoms with van der Waals surface area (Å²) in [5.41, 5.74) is 14.4. The number of nitrogens with two attached hydrogens (primary N) is 1. The number of nitrogens with zero attached hydrogens (tertiary/aromatic N) is 2. The number of rotatable bonds is 4. The van der Waals surface area contributed by atoms with E-state index in [9.17, 15) is 0 Å². The molecule has 3 aromatic rings. The first-order valence-electron chi connectivity index (χ1n) is 8.53. The molecule has 0 aliphatic heterocycles. The molecular formula is C20H22N4. The molecule has 0 spiro atoms. The highest BCUT2D eigenvalue weighted by molar-refractivity contribution is 5.60. The van der Waals surface area contributed by atoms with Crippen LogP contribution < -0.4 is 11.2 Å². The molecule has 1 aromatic heterocycles. The van der Waals surface area contributed by atoms with Crippen LogP contribution in [0.3, 0.4) is 0 Å². The summed E-state index contributed by atoms with van der Waals surface area (Å²) in [4.78, 5) is 4.47. The summed E-state index contributed by atoms with van der Waals surface area (Å²) in [6, 6.07) is 18.9. The summed E-state index contributed by atoms with van der Waals surface area (Å²) in [5, 5.41) is 0. The lowest BCUT2D eigenvalue weighted by atomic mass is 9.83. The molecule has 0 saturated heterocycles. The molecular weight excluding hydrogens is 296 g/mol. The molecule has 1 aliphatic carbocycles. The topological polar surface area (TPSA) is 55.9 Å². The lowest BCUT2D eigenvalue weighted by Gasteiger charge is -2.26.